The lowest BCUT2D eigenvalue weighted by Gasteiger charge is -2.30. The summed E-state index contributed by atoms with van der Waals surface area (Å²) in [5, 5.41) is 14.7. The number of hydrogen-bond acceptors (Lipinski definition) is 7. The van der Waals surface area contributed by atoms with E-state index < -0.39 is 0 Å². The molecule has 0 saturated carbocycles. The van der Waals surface area contributed by atoms with Crippen molar-refractivity contribution < 1.29 is 4.74 Å². The number of aryl methyl sites for hydroxylation is 2. The van der Waals surface area contributed by atoms with Crippen LogP contribution in [0.4, 0.5) is 5.69 Å². The van der Waals surface area contributed by atoms with Crippen molar-refractivity contribution in [3.05, 3.63) is 65.5 Å². The maximum atomic E-state index is 9.92. The van der Waals surface area contributed by atoms with E-state index in [-0.39, 0.29) is 5.92 Å². The molecule has 6 rings (SSSR count). The standard InChI is InChI=1S/C28H30N8O/c1-19-17-35(18-30-19)25-11-10-24(31-28(25)37-2)26-32-27-22(7-6-14-36(27)33-26)23-15-21(9-8-20(23)16-29)34-12-4-3-5-13-34/h8-11,15,17-18,22H,3-7,12-14H2,1-2H3/t22-/m0/s1. The highest BCUT2D eigenvalue weighted by molar-refractivity contribution is 5.58. The molecule has 1 aromatic carbocycles. The Morgan fingerprint density at radius 3 is 2.65 bits per heavy atom. The summed E-state index contributed by atoms with van der Waals surface area (Å²) in [5.74, 6) is 1.97. The molecule has 4 aromatic rings. The van der Waals surface area contributed by atoms with Gasteiger partial charge in [0.2, 0.25) is 5.88 Å². The Bertz CT molecular complexity index is 1470. The number of methoxy groups -OCH3 is 1. The molecular formula is C28H30N8O. The number of benzene rings is 1. The highest BCUT2D eigenvalue weighted by Crippen LogP contribution is 2.37. The molecule has 2 aliphatic heterocycles. The minimum atomic E-state index is 0.0180. The van der Waals surface area contributed by atoms with E-state index in [1.165, 1.54) is 24.9 Å². The van der Waals surface area contributed by atoms with Gasteiger partial charge in [0.05, 0.1) is 30.8 Å². The normalized spacial score (nSPS) is 17.3. The van der Waals surface area contributed by atoms with E-state index in [2.05, 4.69) is 28.1 Å². The van der Waals surface area contributed by atoms with Crippen LogP contribution >= 0.6 is 0 Å². The molecule has 9 nitrogen and oxygen atoms in total. The number of piperidine rings is 1. The molecule has 5 heterocycles. The topological polar surface area (TPSA) is 97.7 Å². The largest absolute Gasteiger partial charge is 0.479 e. The van der Waals surface area contributed by atoms with Crippen molar-refractivity contribution in [3.8, 4) is 29.2 Å². The first-order chi connectivity index (χ1) is 18.1. The van der Waals surface area contributed by atoms with Gasteiger partial charge in [-0.1, -0.05) is 0 Å². The average Bonchev–Trinajstić information content (AvgIpc) is 3.59. The van der Waals surface area contributed by atoms with Gasteiger partial charge in [0, 0.05) is 37.4 Å². The minimum Gasteiger partial charge on any atom is -0.479 e. The molecule has 188 valence electrons. The maximum absolute atomic E-state index is 9.92. The lowest BCUT2D eigenvalue weighted by Crippen LogP contribution is -2.29. The van der Waals surface area contributed by atoms with Crippen LogP contribution in [0, 0.1) is 18.3 Å². The first-order valence-corrected chi connectivity index (χ1v) is 12.9. The number of nitrogens with zero attached hydrogens (tertiary/aromatic N) is 8. The van der Waals surface area contributed by atoms with E-state index in [9.17, 15) is 5.26 Å². The van der Waals surface area contributed by atoms with Crippen molar-refractivity contribution in [2.75, 3.05) is 25.1 Å². The van der Waals surface area contributed by atoms with Crippen LogP contribution in [0.25, 0.3) is 17.2 Å². The molecular weight excluding hydrogens is 464 g/mol. The molecule has 0 bridgehead atoms. The predicted molar refractivity (Wildman–Crippen MR) is 140 cm³/mol. The molecule has 1 atom stereocenters. The molecule has 1 saturated heterocycles. The third kappa shape index (κ3) is 4.33. The molecule has 0 radical (unpaired) electrons. The molecule has 0 aliphatic carbocycles. The number of hydrogen-bond donors (Lipinski definition) is 0. The lowest BCUT2D eigenvalue weighted by molar-refractivity contribution is 0.396. The van der Waals surface area contributed by atoms with Gasteiger partial charge in [-0.15, -0.1) is 5.10 Å². The van der Waals surface area contributed by atoms with E-state index >= 15 is 0 Å². The summed E-state index contributed by atoms with van der Waals surface area (Å²) < 4.78 is 9.48. The molecule has 3 aromatic heterocycles. The summed E-state index contributed by atoms with van der Waals surface area (Å²) in [4.78, 5) is 16.4. The molecule has 0 amide bonds. The zero-order valence-corrected chi connectivity index (χ0v) is 21.3. The Labute approximate surface area is 216 Å². The third-order valence-corrected chi connectivity index (χ3v) is 7.38. The van der Waals surface area contributed by atoms with Crippen molar-refractivity contribution >= 4 is 5.69 Å². The maximum Gasteiger partial charge on any atom is 0.238 e. The van der Waals surface area contributed by atoms with Crippen LogP contribution in [-0.4, -0.2) is 49.5 Å². The van der Waals surface area contributed by atoms with Gasteiger partial charge in [0.25, 0.3) is 0 Å². The van der Waals surface area contributed by atoms with Gasteiger partial charge in [-0.3, -0.25) is 0 Å². The predicted octanol–water partition coefficient (Wildman–Crippen LogP) is 4.63. The highest BCUT2D eigenvalue weighted by atomic mass is 16.5. The van der Waals surface area contributed by atoms with E-state index in [0.717, 1.165) is 55.2 Å². The van der Waals surface area contributed by atoms with Gasteiger partial charge in [-0.25, -0.2) is 19.6 Å². The molecule has 0 spiro atoms. The molecule has 37 heavy (non-hydrogen) atoms. The van der Waals surface area contributed by atoms with Crippen LogP contribution in [0.5, 0.6) is 5.88 Å². The SMILES string of the molecule is COc1nc(-c2nc3n(n2)CCC[C@H]3c2cc(N3CCCCC3)ccc2C#N)ccc1-n1cnc(C)c1. The zero-order valence-electron chi connectivity index (χ0n) is 21.3. The lowest BCUT2D eigenvalue weighted by atomic mass is 9.87. The van der Waals surface area contributed by atoms with Gasteiger partial charge in [0.15, 0.2) is 5.82 Å². The van der Waals surface area contributed by atoms with Gasteiger partial charge >= 0.3 is 0 Å². The number of fused-ring (bicyclic) bond motifs is 1. The Morgan fingerprint density at radius 2 is 1.89 bits per heavy atom. The smallest absolute Gasteiger partial charge is 0.238 e. The van der Waals surface area contributed by atoms with E-state index in [4.69, 9.17) is 19.8 Å². The van der Waals surface area contributed by atoms with E-state index in [1.54, 1.807) is 13.4 Å². The van der Waals surface area contributed by atoms with Crippen molar-refractivity contribution in [3.63, 3.8) is 0 Å². The fourth-order valence-electron chi connectivity index (χ4n) is 5.50. The van der Waals surface area contributed by atoms with Gasteiger partial charge in [-0.2, -0.15) is 5.26 Å². The average molecular weight is 495 g/mol. The highest BCUT2D eigenvalue weighted by Gasteiger charge is 2.29. The first kappa shape index (κ1) is 23.2. The Morgan fingerprint density at radius 1 is 1.03 bits per heavy atom. The number of rotatable bonds is 5. The van der Waals surface area contributed by atoms with Crippen LogP contribution in [0.15, 0.2) is 42.9 Å². The summed E-state index contributed by atoms with van der Waals surface area (Å²) in [6.45, 7) is 4.88. The fourth-order valence-corrected chi connectivity index (χ4v) is 5.50. The summed E-state index contributed by atoms with van der Waals surface area (Å²) in [5.41, 5.74) is 5.33. The molecule has 2 aliphatic rings. The Balaban J connectivity index is 1.36. The van der Waals surface area contributed by atoms with Gasteiger partial charge < -0.3 is 14.2 Å². The zero-order chi connectivity index (χ0) is 25.4. The summed E-state index contributed by atoms with van der Waals surface area (Å²) in [7, 11) is 1.61. The number of imidazole rings is 1. The second-order valence-corrected chi connectivity index (χ2v) is 9.79. The van der Waals surface area contributed by atoms with Crippen LogP contribution in [0.1, 0.15) is 60.7 Å². The molecule has 0 N–H and O–H groups in total. The van der Waals surface area contributed by atoms with Crippen LogP contribution in [0.3, 0.4) is 0 Å². The summed E-state index contributed by atoms with van der Waals surface area (Å²) in [6, 6.07) is 12.6. The second kappa shape index (κ2) is 9.69. The number of ether oxygens (including phenoxy) is 1. The van der Waals surface area contributed by atoms with Crippen molar-refractivity contribution in [2.24, 2.45) is 0 Å². The molecule has 1 fully saturated rings. The molecule has 0 unspecified atom stereocenters. The number of anilines is 1. The minimum absolute atomic E-state index is 0.0180. The van der Waals surface area contributed by atoms with Crippen molar-refractivity contribution in [2.45, 2.75) is 51.5 Å². The van der Waals surface area contributed by atoms with Crippen molar-refractivity contribution in [1.29, 1.82) is 5.26 Å². The van der Waals surface area contributed by atoms with Crippen LogP contribution in [-0.2, 0) is 6.54 Å². The van der Waals surface area contributed by atoms with Gasteiger partial charge in [0.1, 0.15) is 17.2 Å². The van der Waals surface area contributed by atoms with Crippen molar-refractivity contribution in [1.82, 2.24) is 29.3 Å². The summed E-state index contributed by atoms with van der Waals surface area (Å²) >= 11 is 0. The Kier molecular flexibility index (Phi) is 6.08. The number of pyridine rings is 1. The second-order valence-electron chi connectivity index (χ2n) is 9.79. The quantitative estimate of drug-likeness (QED) is 0.399. The van der Waals surface area contributed by atoms with E-state index in [0.29, 0.717) is 23.0 Å². The fraction of sp³-hybridized carbons (Fsp3) is 0.393. The first-order valence-electron chi connectivity index (χ1n) is 12.9. The van der Waals surface area contributed by atoms with Crippen LogP contribution in [0.2, 0.25) is 0 Å². The number of nitriles is 1. The van der Waals surface area contributed by atoms with Gasteiger partial charge in [-0.05, 0) is 74.9 Å². The van der Waals surface area contributed by atoms with E-state index in [1.807, 2.05) is 40.6 Å². The number of aromatic nitrogens is 6. The summed E-state index contributed by atoms with van der Waals surface area (Å²) in [6.07, 6.45) is 9.31. The molecule has 9 heteroatoms. The van der Waals surface area contributed by atoms with Crippen LogP contribution < -0.4 is 9.64 Å². The third-order valence-electron chi connectivity index (χ3n) is 7.38. The Hall–Kier alpha value is -4.19. The monoisotopic (exact) mass is 494 g/mol.